The number of carbonyl (C=O) groups is 1. The summed E-state index contributed by atoms with van der Waals surface area (Å²) in [7, 11) is -7.08. The van der Waals surface area contributed by atoms with Gasteiger partial charge in [0.15, 0.2) is 0 Å². The maximum absolute atomic E-state index is 12.7. The lowest BCUT2D eigenvalue weighted by Gasteiger charge is -2.26. The number of morpholine rings is 1. The van der Waals surface area contributed by atoms with E-state index < -0.39 is 20.0 Å². The van der Waals surface area contributed by atoms with Crippen LogP contribution in [0, 0.1) is 5.92 Å². The largest absolute Gasteiger partial charge is 0.379 e. The van der Waals surface area contributed by atoms with Gasteiger partial charge in [-0.2, -0.15) is 4.31 Å². The van der Waals surface area contributed by atoms with Crippen LogP contribution in [0.5, 0.6) is 0 Å². The normalized spacial score (nSPS) is 15.3. The number of aryl methyl sites for hydroxylation is 1. The van der Waals surface area contributed by atoms with Gasteiger partial charge < -0.3 is 10.1 Å². The Hall–Kier alpha value is -2.31. The lowest BCUT2D eigenvalue weighted by molar-refractivity contribution is -0.121. The Balaban J connectivity index is 1.46. The summed E-state index contributed by atoms with van der Waals surface area (Å²) in [6.07, 6.45) is 0.726. The summed E-state index contributed by atoms with van der Waals surface area (Å²) < 4.78 is 59.1. The van der Waals surface area contributed by atoms with Gasteiger partial charge in [0.2, 0.25) is 26.0 Å². The Morgan fingerprint density at radius 1 is 0.914 bits per heavy atom. The molecule has 11 heteroatoms. The number of nitrogens with one attached hydrogen (secondary N) is 2. The molecule has 0 aromatic heterocycles. The molecular weight excluding hydrogens is 490 g/mol. The average molecular weight is 524 g/mol. The molecule has 2 aromatic rings. The molecular formula is C24H33N3O6S2. The molecule has 0 radical (unpaired) electrons. The van der Waals surface area contributed by atoms with Gasteiger partial charge in [0.05, 0.1) is 23.0 Å². The van der Waals surface area contributed by atoms with E-state index in [1.165, 1.54) is 4.31 Å². The van der Waals surface area contributed by atoms with Gasteiger partial charge in [0, 0.05) is 32.6 Å². The van der Waals surface area contributed by atoms with E-state index in [0.717, 1.165) is 11.1 Å². The highest BCUT2D eigenvalue weighted by molar-refractivity contribution is 7.89. The fourth-order valence-electron chi connectivity index (χ4n) is 3.46. The highest BCUT2D eigenvalue weighted by Gasteiger charge is 2.26. The third kappa shape index (κ3) is 7.84. The summed E-state index contributed by atoms with van der Waals surface area (Å²) in [5, 5.41) is 2.83. The zero-order valence-corrected chi connectivity index (χ0v) is 21.7. The minimum Gasteiger partial charge on any atom is -0.379 e. The number of carbonyl (C=O) groups excluding carboxylic acids is 1. The second-order valence-electron chi connectivity index (χ2n) is 8.83. The lowest BCUT2D eigenvalue weighted by atomic mass is 10.1. The minimum atomic E-state index is -3.54. The Morgan fingerprint density at radius 2 is 1.49 bits per heavy atom. The minimum absolute atomic E-state index is 0.148. The molecule has 192 valence electrons. The van der Waals surface area contributed by atoms with Gasteiger partial charge in [0.25, 0.3) is 0 Å². The van der Waals surface area contributed by atoms with Gasteiger partial charge in [-0.15, -0.1) is 0 Å². The van der Waals surface area contributed by atoms with Crippen molar-refractivity contribution in [1.29, 1.82) is 0 Å². The molecule has 3 rings (SSSR count). The number of rotatable bonds is 11. The smallest absolute Gasteiger partial charge is 0.243 e. The van der Waals surface area contributed by atoms with Crippen LogP contribution in [0.15, 0.2) is 58.3 Å². The first-order valence-electron chi connectivity index (χ1n) is 11.6. The quantitative estimate of drug-likeness (QED) is 0.464. The summed E-state index contributed by atoms with van der Waals surface area (Å²) >= 11 is 0. The van der Waals surface area contributed by atoms with Crippen molar-refractivity contribution in [2.75, 3.05) is 32.8 Å². The summed E-state index contributed by atoms with van der Waals surface area (Å²) in [5.41, 5.74) is 1.66. The van der Waals surface area contributed by atoms with Crippen LogP contribution in [0.2, 0.25) is 0 Å². The monoisotopic (exact) mass is 523 g/mol. The molecule has 0 aliphatic carbocycles. The molecule has 1 heterocycles. The van der Waals surface area contributed by atoms with Crippen LogP contribution in [0.3, 0.4) is 0 Å². The molecule has 1 aliphatic rings. The van der Waals surface area contributed by atoms with Crippen molar-refractivity contribution in [1.82, 2.24) is 14.3 Å². The summed E-state index contributed by atoms with van der Waals surface area (Å²) in [6, 6.07) is 13.0. The maximum atomic E-state index is 12.7. The van der Waals surface area contributed by atoms with Gasteiger partial charge in [-0.3, -0.25) is 4.79 Å². The molecule has 0 atom stereocenters. The van der Waals surface area contributed by atoms with Crippen LogP contribution in [0.4, 0.5) is 0 Å². The van der Waals surface area contributed by atoms with Gasteiger partial charge in [0.1, 0.15) is 0 Å². The standard InChI is InChI=1S/C24H33N3O6S2/c1-19(2)17-26-34(29,30)22-8-3-20(4-9-22)7-12-24(28)25-18-21-5-10-23(11-6-21)35(31,32)27-13-15-33-16-14-27/h3-6,8-11,19,26H,7,12-18H2,1-2H3,(H,25,28). The number of ether oxygens (including phenoxy) is 1. The van der Waals surface area contributed by atoms with Gasteiger partial charge in [-0.25, -0.2) is 21.6 Å². The molecule has 0 saturated carbocycles. The summed E-state index contributed by atoms with van der Waals surface area (Å²) in [6.45, 7) is 5.99. The van der Waals surface area contributed by atoms with E-state index in [0.29, 0.717) is 39.3 Å². The van der Waals surface area contributed by atoms with Gasteiger partial charge in [-0.05, 0) is 47.7 Å². The Labute approximate surface area is 208 Å². The summed E-state index contributed by atoms with van der Waals surface area (Å²) in [5.74, 6) is 0.0638. The van der Waals surface area contributed by atoms with E-state index in [1.54, 1.807) is 48.5 Å². The van der Waals surface area contributed by atoms with E-state index in [9.17, 15) is 21.6 Å². The zero-order chi connectivity index (χ0) is 25.5. The molecule has 9 nitrogen and oxygen atoms in total. The molecule has 2 aromatic carbocycles. The molecule has 1 aliphatic heterocycles. The van der Waals surface area contributed by atoms with E-state index in [4.69, 9.17) is 4.74 Å². The van der Waals surface area contributed by atoms with Crippen molar-refractivity contribution in [2.45, 2.75) is 43.0 Å². The zero-order valence-electron chi connectivity index (χ0n) is 20.1. The Bertz CT molecular complexity index is 1190. The average Bonchev–Trinajstić information content (AvgIpc) is 2.86. The summed E-state index contributed by atoms with van der Waals surface area (Å²) in [4.78, 5) is 12.7. The van der Waals surface area contributed by atoms with Crippen molar-refractivity contribution in [3.63, 3.8) is 0 Å². The van der Waals surface area contributed by atoms with E-state index in [-0.39, 0.29) is 34.6 Å². The van der Waals surface area contributed by atoms with Gasteiger partial charge in [-0.1, -0.05) is 38.1 Å². The third-order valence-electron chi connectivity index (χ3n) is 5.58. The first kappa shape index (κ1) is 27.3. The van der Waals surface area contributed by atoms with Crippen LogP contribution < -0.4 is 10.0 Å². The number of hydrogen-bond donors (Lipinski definition) is 2. The van der Waals surface area contributed by atoms with Gasteiger partial charge >= 0.3 is 0 Å². The molecule has 35 heavy (non-hydrogen) atoms. The van der Waals surface area contributed by atoms with Crippen molar-refractivity contribution < 1.29 is 26.4 Å². The predicted molar refractivity (Wildman–Crippen MR) is 133 cm³/mol. The van der Waals surface area contributed by atoms with Crippen LogP contribution in [0.1, 0.15) is 31.4 Å². The fourth-order valence-corrected chi connectivity index (χ4v) is 6.08. The molecule has 0 unspecified atom stereocenters. The molecule has 0 bridgehead atoms. The number of amides is 1. The molecule has 1 fully saturated rings. The first-order chi connectivity index (χ1) is 16.6. The second-order valence-corrected chi connectivity index (χ2v) is 12.5. The van der Waals surface area contributed by atoms with Crippen molar-refractivity contribution in [3.05, 3.63) is 59.7 Å². The van der Waals surface area contributed by atoms with Crippen molar-refractivity contribution in [3.8, 4) is 0 Å². The Morgan fingerprint density at radius 3 is 2.09 bits per heavy atom. The number of nitrogens with zero attached hydrogens (tertiary/aromatic N) is 1. The second kappa shape index (κ2) is 12.1. The highest BCUT2D eigenvalue weighted by Crippen LogP contribution is 2.18. The molecule has 1 saturated heterocycles. The Kier molecular flexibility index (Phi) is 9.42. The van der Waals surface area contributed by atoms with Crippen LogP contribution >= 0.6 is 0 Å². The number of benzene rings is 2. The fraction of sp³-hybridized carbons (Fsp3) is 0.458. The van der Waals surface area contributed by atoms with Crippen LogP contribution in [-0.2, 0) is 42.5 Å². The maximum Gasteiger partial charge on any atom is 0.243 e. The van der Waals surface area contributed by atoms with Crippen molar-refractivity contribution in [2.24, 2.45) is 5.92 Å². The third-order valence-corrected chi connectivity index (χ3v) is 8.93. The predicted octanol–water partition coefficient (Wildman–Crippen LogP) is 1.89. The van der Waals surface area contributed by atoms with Crippen molar-refractivity contribution >= 4 is 26.0 Å². The molecule has 0 spiro atoms. The van der Waals surface area contributed by atoms with Crippen LogP contribution in [-0.4, -0.2) is 59.9 Å². The number of sulfonamides is 2. The first-order valence-corrected chi connectivity index (χ1v) is 14.5. The molecule has 2 N–H and O–H groups in total. The van der Waals surface area contributed by atoms with Crippen LogP contribution in [0.25, 0.3) is 0 Å². The molecule has 1 amide bonds. The topological polar surface area (TPSA) is 122 Å². The lowest BCUT2D eigenvalue weighted by Crippen LogP contribution is -2.40. The highest BCUT2D eigenvalue weighted by atomic mass is 32.2. The van der Waals surface area contributed by atoms with E-state index >= 15 is 0 Å². The van der Waals surface area contributed by atoms with E-state index in [1.807, 2.05) is 13.8 Å². The number of hydrogen-bond acceptors (Lipinski definition) is 6. The van der Waals surface area contributed by atoms with E-state index in [2.05, 4.69) is 10.0 Å². The SMILES string of the molecule is CC(C)CNS(=O)(=O)c1ccc(CCC(=O)NCc2ccc(S(=O)(=O)N3CCOCC3)cc2)cc1.